The highest BCUT2D eigenvalue weighted by Gasteiger charge is 2.21. The van der Waals surface area contributed by atoms with E-state index in [0.717, 1.165) is 31.6 Å². The zero-order valence-electron chi connectivity index (χ0n) is 18.6. The molecular formula is C22H30N4O4S2. The lowest BCUT2D eigenvalue weighted by molar-refractivity contribution is 0.179. The van der Waals surface area contributed by atoms with E-state index < -0.39 is 10.0 Å². The predicted octanol–water partition coefficient (Wildman–Crippen LogP) is 3.42. The fourth-order valence-corrected chi connectivity index (χ4v) is 4.96. The number of thiocarbonyl (C=S) groups is 1. The number of hydrogen-bond acceptors (Lipinski definition) is 6. The van der Waals surface area contributed by atoms with Crippen molar-refractivity contribution in [1.82, 2.24) is 5.32 Å². The average molecular weight is 479 g/mol. The first-order chi connectivity index (χ1) is 15.3. The number of rotatable bonds is 9. The smallest absolute Gasteiger partial charge is 0.261 e. The highest BCUT2D eigenvalue weighted by Crippen LogP contribution is 2.32. The van der Waals surface area contributed by atoms with Crippen LogP contribution in [0.5, 0.6) is 5.75 Å². The Balaban J connectivity index is 1.85. The van der Waals surface area contributed by atoms with Crippen LogP contribution < -0.4 is 25.0 Å². The highest BCUT2D eigenvalue weighted by atomic mass is 32.2. The molecule has 10 heteroatoms. The first-order valence-electron chi connectivity index (χ1n) is 10.4. The number of benzene rings is 2. The van der Waals surface area contributed by atoms with Crippen molar-refractivity contribution in [2.45, 2.75) is 30.7 Å². The molecule has 0 aliphatic carbocycles. The lowest BCUT2D eigenvalue weighted by Crippen LogP contribution is -2.38. The fourth-order valence-electron chi connectivity index (χ4n) is 3.56. The third-order valence-corrected chi connectivity index (χ3v) is 6.71. The van der Waals surface area contributed by atoms with Gasteiger partial charge >= 0.3 is 0 Å². The van der Waals surface area contributed by atoms with Crippen molar-refractivity contribution in [3.05, 3.63) is 42.5 Å². The minimum atomic E-state index is -3.80. The summed E-state index contributed by atoms with van der Waals surface area (Å²) in [5, 5.41) is 6.75. The molecule has 0 aromatic heterocycles. The second kappa shape index (κ2) is 10.8. The van der Waals surface area contributed by atoms with Crippen molar-refractivity contribution in [2.24, 2.45) is 0 Å². The molecule has 0 saturated carbocycles. The summed E-state index contributed by atoms with van der Waals surface area (Å²) in [4.78, 5) is 2.38. The third kappa shape index (κ3) is 6.24. The van der Waals surface area contributed by atoms with E-state index in [2.05, 4.69) is 20.3 Å². The summed E-state index contributed by atoms with van der Waals surface area (Å²) in [6, 6.07) is 11.8. The fraction of sp³-hybridized carbons (Fsp3) is 0.409. The van der Waals surface area contributed by atoms with Crippen LogP contribution in [0.3, 0.4) is 0 Å². The quantitative estimate of drug-likeness (QED) is 0.472. The molecule has 3 rings (SSSR count). The maximum absolute atomic E-state index is 13.0. The molecule has 32 heavy (non-hydrogen) atoms. The maximum Gasteiger partial charge on any atom is 0.261 e. The van der Waals surface area contributed by atoms with Gasteiger partial charge in [-0.15, -0.1) is 0 Å². The molecule has 1 unspecified atom stereocenters. The number of sulfonamides is 1. The molecular weight excluding hydrogens is 448 g/mol. The van der Waals surface area contributed by atoms with E-state index in [-0.39, 0.29) is 10.9 Å². The Labute approximate surface area is 195 Å². The molecule has 3 N–H and O–H groups in total. The van der Waals surface area contributed by atoms with Gasteiger partial charge in [0.2, 0.25) is 0 Å². The Kier molecular flexibility index (Phi) is 8.16. The van der Waals surface area contributed by atoms with Crippen LogP contribution in [-0.2, 0) is 14.8 Å². The molecule has 2 aromatic rings. The number of hydrogen-bond donors (Lipinski definition) is 3. The van der Waals surface area contributed by atoms with Crippen LogP contribution in [0.1, 0.15) is 19.8 Å². The Bertz CT molecular complexity index is 1020. The maximum atomic E-state index is 13.0. The Morgan fingerprint density at radius 3 is 2.44 bits per heavy atom. The molecule has 2 aromatic carbocycles. The van der Waals surface area contributed by atoms with E-state index >= 15 is 0 Å². The molecule has 1 saturated heterocycles. The molecule has 0 amide bonds. The second-order valence-corrected chi connectivity index (χ2v) is 9.75. The van der Waals surface area contributed by atoms with Gasteiger partial charge in [0.05, 0.1) is 30.0 Å². The first kappa shape index (κ1) is 24.1. The normalized spacial score (nSPS) is 14.7. The molecule has 1 atom stereocenters. The van der Waals surface area contributed by atoms with Crippen LogP contribution in [0.25, 0.3) is 0 Å². The summed E-state index contributed by atoms with van der Waals surface area (Å²) >= 11 is 5.45. The molecule has 1 heterocycles. The van der Waals surface area contributed by atoms with Crippen molar-refractivity contribution < 1.29 is 17.9 Å². The van der Waals surface area contributed by atoms with Crippen LogP contribution >= 0.6 is 12.2 Å². The standard InChI is InChI=1S/C22H30N4O4S2/c1-16(15-29-2)23-22(31)24-20-14-19(10-11-21(20)26-12-4-5-13-26)32(27,28)25-17-6-8-18(30-3)9-7-17/h6-11,14,16,25H,4-5,12-13,15H2,1-3H3,(H2,23,24,31). The summed E-state index contributed by atoms with van der Waals surface area (Å²) in [5.41, 5.74) is 2.02. The molecule has 1 fully saturated rings. The van der Waals surface area contributed by atoms with Gasteiger partial charge in [0.15, 0.2) is 5.11 Å². The first-order valence-corrected chi connectivity index (χ1v) is 12.3. The van der Waals surface area contributed by atoms with E-state index in [1.54, 1.807) is 50.6 Å². The van der Waals surface area contributed by atoms with Crippen LogP contribution in [0.15, 0.2) is 47.4 Å². The molecule has 0 spiro atoms. The van der Waals surface area contributed by atoms with Crippen molar-refractivity contribution in [3.63, 3.8) is 0 Å². The van der Waals surface area contributed by atoms with Gasteiger partial charge in [0, 0.05) is 31.9 Å². The van der Waals surface area contributed by atoms with Gasteiger partial charge in [-0.1, -0.05) is 0 Å². The minimum Gasteiger partial charge on any atom is -0.497 e. The van der Waals surface area contributed by atoms with E-state index in [1.807, 2.05) is 13.0 Å². The van der Waals surface area contributed by atoms with E-state index in [9.17, 15) is 8.42 Å². The van der Waals surface area contributed by atoms with Gasteiger partial charge < -0.3 is 25.0 Å². The number of methoxy groups -OCH3 is 2. The van der Waals surface area contributed by atoms with E-state index in [1.165, 1.54) is 0 Å². The number of ether oxygens (including phenoxy) is 2. The van der Waals surface area contributed by atoms with Gasteiger partial charge in [0.25, 0.3) is 10.0 Å². The number of nitrogens with one attached hydrogen (secondary N) is 3. The van der Waals surface area contributed by atoms with Gasteiger partial charge in [-0.3, -0.25) is 4.72 Å². The SMILES string of the molecule is COCC(C)NC(=S)Nc1cc(S(=O)(=O)Nc2ccc(OC)cc2)ccc1N1CCCC1. The highest BCUT2D eigenvalue weighted by molar-refractivity contribution is 7.92. The minimum absolute atomic E-state index is 0.0129. The monoisotopic (exact) mass is 478 g/mol. The summed E-state index contributed by atoms with van der Waals surface area (Å²) in [5.74, 6) is 0.651. The number of nitrogens with zero attached hydrogens (tertiary/aromatic N) is 1. The van der Waals surface area contributed by atoms with Gasteiger partial charge in [-0.25, -0.2) is 8.42 Å². The van der Waals surface area contributed by atoms with Gasteiger partial charge in [-0.05, 0) is 74.4 Å². The second-order valence-electron chi connectivity index (χ2n) is 7.66. The Morgan fingerprint density at radius 2 is 1.81 bits per heavy atom. The van der Waals surface area contributed by atoms with Crippen LogP contribution in [-0.4, -0.2) is 53.5 Å². The van der Waals surface area contributed by atoms with E-state index in [4.69, 9.17) is 21.7 Å². The van der Waals surface area contributed by atoms with E-state index in [0.29, 0.717) is 28.8 Å². The molecule has 0 radical (unpaired) electrons. The Hall–Kier alpha value is -2.56. The van der Waals surface area contributed by atoms with Crippen LogP contribution in [0.2, 0.25) is 0 Å². The molecule has 8 nitrogen and oxygen atoms in total. The molecule has 0 bridgehead atoms. The zero-order chi connectivity index (χ0) is 23.1. The summed E-state index contributed by atoms with van der Waals surface area (Å²) < 4.78 is 39.0. The number of anilines is 3. The van der Waals surface area contributed by atoms with Crippen molar-refractivity contribution in [1.29, 1.82) is 0 Å². The van der Waals surface area contributed by atoms with Crippen molar-refractivity contribution in [2.75, 3.05) is 48.9 Å². The van der Waals surface area contributed by atoms with Crippen LogP contribution in [0, 0.1) is 0 Å². The molecule has 1 aliphatic heterocycles. The largest absolute Gasteiger partial charge is 0.497 e. The summed E-state index contributed by atoms with van der Waals surface area (Å²) in [7, 11) is -0.606. The lowest BCUT2D eigenvalue weighted by Gasteiger charge is -2.24. The third-order valence-electron chi connectivity index (χ3n) is 5.11. The lowest BCUT2D eigenvalue weighted by atomic mass is 10.2. The molecule has 1 aliphatic rings. The summed E-state index contributed by atoms with van der Waals surface area (Å²) in [6.45, 7) is 4.30. The van der Waals surface area contributed by atoms with Crippen LogP contribution in [0.4, 0.5) is 17.1 Å². The topological polar surface area (TPSA) is 91.9 Å². The van der Waals surface area contributed by atoms with Crippen molar-refractivity contribution >= 4 is 44.4 Å². The molecule has 174 valence electrons. The van der Waals surface area contributed by atoms with Gasteiger partial charge in [-0.2, -0.15) is 0 Å². The van der Waals surface area contributed by atoms with Crippen molar-refractivity contribution in [3.8, 4) is 5.75 Å². The average Bonchev–Trinajstić information content (AvgIpc) is 3.28. The Morgan fingerprint density at radius 1 is 1.12 bits per heavy atom. The summed E-state index contributed by atoms with van der Waals surface area (Å²) in [6.07, 6.45) is 2.21. The zero-order valence-corrected chi connectivity index (χ0v) is 20.2. The predicted molar refractivity (Wildman–Crippen MR) is 132 cm³/mol. The van der Waals surface area contributed by atoms with Gasteiger partial charge in [0.1, 0.15) is 5.75 Å².